The number of anilines is 1. The Balaban J connectivity index is 2.08. The maximum Gasteiger partial charge on any atom is 0.283 e. The number of halogens is 1. The fourth-order valence-electron chi connectivity index (χ4n) is 2.49. The molecular weight excluding hydrogens is 322 g/mol. The van der Waals surface area contributed by atoms with Crippen LogP contribution in [-0.2, 0) is 6.54 Å². The summed E-state index contributed by atoms with van der Waals surface area (Å²) < 4.78 is 1.77. The molecule has 1 saturated carbocycles. The second kappa shape index (κ2) is 6.54. The van der Waals surface area contributed by atoms with E-state index in [-0.39, 0.29) is 5.56 Å². The van der Waals surface area contributed by atoms with Crippen LogP contribution in [-0.4, -0.2) is 27.0 Å². The summed E-state index contributed by atoms with van der Waals surface area (Å²) in [5, 5.41) is 17.6. The van der Waals surface area contributed by atoms with Gasteiger partial charge in [-0.1, -0.05) is 25.3 Å². The van der Waals surface area contributed by atoms with E-state index in [1.807, 2.05) is 0 Å². The molecule has 0 spiro atoms. The van der Waals surface area contributed by atoms with E-state index in [0.29, 0.717) is 23.2 Å². The minimum Gasteiger partial charge on any atom is -0.388 e. The fraction of sp³-hybridized carbons (Fsp3) is 0.571. The largest absolute Gasteiger partial charge is 0.388 e. The van der Waals surface area contributed by atoms with Crippen LogP contribution in [0.5, 0.6) is 0 Å². The van der Waals surface area contributed by atoms with Gasteiger partial charge in [-0.2, -0.15) is 5.10 Å². The summed E-state index contributed by atoms with van der Waals surface area (Å²) >= 11 is 3.29. The highest BCUT2D eigenvalue weighted by atomic mass is 79.9. The molecule has 0 aliphatic heterocycles. The van der Waals surface area contributed by atoms with E-state index in [1.54, 1.807) is 12.3 Å². The first-order chi connectivity index (χ1) is 9.56. The van der Waals surface area contributed by atoms with E-state index in [0.717, 1.165) is 25.7 Å². The Morgan fingerprint density at radius 1 is 1.50 bits per heavy atom. The number of nitrogens with one attached hydrogen (secondary N) is 1. The zero-order valence-corrected chi connectivity index (χ0v) is 13.0. The van der Waals surface area contributed by atoms with Crippen molar-refractivity contribution < 1.29 is 5.11 Å². The third-order valence-electron chi connectivity index (χ3n) is 3.68. The molecule has 1 aromatic rings. The molecule has 0 radical (unpaired) electrons. The number of aliphatic hydroxyl groups is 1. The first-order valence-electron chi connectivity index (χ1n) is 6.88. The second-order valence-corrected chi connectivity index (χ2v) is 6.08. The van der Waals surface area contributed by atoms with Gasteiger partial charge >= 0.3 is 0 Å². The molecule has 0 atom stereocenters. The summed E-state index contributed by atoms with van der Waals surface area (Å²) in [6, 6.07) is 0. The monoisotopic (exact) mass is 341 g/mol. The van der Waals surface area contributed by atoms with Crippen molar-refractivity contribution in [3.63, 3.8) is 0 Å². The molecule has 1 aromatic heterocycles. The van der Waals surface area contributed by atoms with Crippen molar-refractivity contribution in [3.8, 4) is 0 Å². The van der Waals surface area contributed by atoms with Crippen LogP contribution in [0.1, 0.15) is 32.1 Å². The van der Waals surface area contributed by atoms with Gasteiger partial charge in [0.2, 0.25) is 0 Å². The summed E-state index contributed by atoms with van der Waals surface area (Å²) in [6.45, 7) is 4.41. The van der Waals surface area contributed by atoms with E-state index in [1.165, 1.54) is 11.1 Å². The highest BCUT2D eigenvalue weighted by Gasteiger charge is 2.29. The Kier molecular flexibility index (Phi) is 4.99. The van der Waals surface area contributed by atoms with E-state index in [4.69, 9.17) is 0 Å². The molecule has 110 valence electrons. The van der Waals surface area contributed by atoms with Gasteiger partial charge < -0.3 is 10.4 Å². The minimum atomic E-state index is -0.673. The number of hydrogen-bond donors (Lipinski definition) is 2. The SMILES string of the molecule is C=CCn1ncc(NCC2(O)CCCCC2)c(Br)c1=O. The molecule has 2 rings (SSSR count). The van der Waals surface area contributed by atoms with Crippen LogP contribution in [0.15, 0.2) is 28.1 Å². The standard InChI is InChI=1S/C14H20BrN3O2/c1-2-8-18-13(19)12(15)11(9-17-18)16-10-14(20)6-4-3-5-7-14/h2,9,16,20H,1,3-8,10H2. The molecule has 6 heteroatoms. The predicted octanol–water partition coefficient (Wildman–Crippen LogP) is 2.30. The lowest BCUT2D eigenvalue weighted by Crippen LogP contribution is -2.39. The second-order valence-electron chi connectivity index (χ2n) is 5.29. The summed E-state index contributed by atoms with van der Waals surface area (Å²) in [7, 11) is 0. The molecule has 20 heavy (non-hydrogen) atoms. The van der Waals surface area contributed by atoms with E-state index < -0.39 is 5.60 Å². The van der Waals surface area contributed by atoms with Crippen LogP contribution in [0.25, 0.3) is 0 Å². The van der Waals surface area contributed by atoms with Gasteiger partial charge in [0, 0.05) is 6.54 Å². The van der Waals surface area contributed by atoms with Crippen LogP contribution in [0.3, 0.4) is 0 Å². The van der Waals surface area contributed by atoms with Crippen molar-refractivity contribution in [2.24, 2.45) is 0 Å². The first kappa shape index (κ1) is 15.3. The van der Waals surface area contributed by atoms with Gasteiger partial charge in [-0.3, -0.25) is 4.79 Å². The molecule has 0 bridgehead atoms. The van der Waals surface area contributed by atoms with Crippen molar-refractivity contribution in [1.82, 2.24) is 9.78 Å². The van der Waals surface area contributed by atoms with Crippen LogP contribution < -0.4 is 10.9 Å². The summed E-state index contributed by atoms with van der Waals surface area (Å²) in [5.41, 5.74) is -0.256. The third kappa shape index (κ3) is 3.49. The average molecular weight is 342 g/mol. The summed E-state index contributed by atoms with van der Waals surface area (Å²) in [6.07, 6.45) is 8.12. The zero-order chi connectivity index (χ0) is 14.6. The molecule has 0 unspecified atom stereocenters. The van der Waals surface area contributed by atoms with Crippen molar-refractivity contribution in [2.75, 3.05) is 11.9 Å². The van der Waals surface area contributed by atoms with E-state index in [2.05, 4.69) is 32.9 Å². The van der Waals surface area contributed by atoms with Crippen molar-refractivity contribution in [2.45, 2.75) is 44.2 Å². The molecule has 1 heterocycles. The van der Waals surface area contributed by atoms with Gasteiger partial charge in [0.1, 0.15) is 4.47 Å². The Labute approximate surface area is 126 Å². The first-order valence-corrected chi connectivity index (χ1v) is 7.68. The molecular formula is C14H20BrN3O2. The molecule has 1 aliphatic rings. The molecule has 0 amide bonds. The van der Waals surface area contributed by atoms with Gasteiger partial charge in [0.15, 0.2) is 0 Å². The molecule has 1 aliphatic carbocycles. The average Bonchev–Trinajstić information content (AvgIpc) is 2.44. The number of allylic oxidation sites excluding steroid dienone is 1. The minimum absolute atomic E-state index is 0.203. The molecule has 1 fully saturated rings. The Hall–Kier alpha value is -1.14. The smallest absolute Gasteiger partial charge is 0.283 e. The van der Waals surface area contributed by atoms with Crippen molar-refractivity contribution in [1.29, 1.82) is 0 Å². The number of rotatable bonds is 5. The molecule has 0 aromatic carbocycles. The lowest BCUT2D eigenvalue weighted by molar-refractivity contribution is 0.0167. The van der Waals surface area contributed by atoms with E-state index >= 15 is 0 Å². The van der Waals surface area contributed by atoms with Gasteiger partial charge in [0.25, 0.3) is 5.56 Å². The lowest BCUT2D eigenvalue weighted by Gasteiger charge is -2.32. The Morgan fingerprint density at radius 2 is 2.20 bits per heavy atom. The lowest BCUT2D eigenvalue weighted by atomic mass is 9.85. The Morgan fingerprint density at radius 3 is 2.85 bits per heavy atom. The topological polar surface area (TPSA) is 67.2 Å². The highest BCUT2D eigenvalue weighted by Crippen LogP contribution is 2.28. The van der Waals surface area contributed by atoms with Gasteiger partial charge in [-0.15, -0.1) is 6.58 Å². The number of aromatic nitrogens is 2. The highest BCUT2D eigenvalue weighted by molar-refractivity contribution is 9.10. The maximum atomic E-state index is 12.0. The van der Waals surface area contributed by atoms with Crippen LogP contribution >= 0.6 is 15.9 Å². The normalized spacial score (nSPS) is 17.7. The van der Waals surface area contributed by atoms with Crippen molar-refractivity contribution >= 4 is 21.6 Å². The van der Waals surface area contributed by atoms with Crippen LogP contribution in [0, 0.1) is 0 Å². The summed E-state index contributed by atoms with van der Waals surface area (Å²) in [4.78, 5) is 12.0. The van der Waals surface area contributed by atoms with Gasteiger partial charge in [-0.05, 0) is 28.8 Å². The zero-order valence-electron chi connectivity index (χ0n) is 11.4. The third-order valence-corrected chi connectivity index (χ3v) is 4.45. The maximum absolute atomic E-state index is 12.0. The predicted molar refractivity (Wildman–Crippen MR) is 82.9 cm³/mol. The van der Waals surface area contributed by atoms with E-state index in [9.17, 15) is 9.90 Å². The van der Waals surface area contributed by atoms with Gasteiger partial charge in [0.05, 0.1) is 24.0 Å². The fourth-order valence-corrected chi connectivity index (χ4v) is 2.93. The molecule has 2 N–H and O–H groups in total. The number of hydrogen-bond acceptors (Lipinski definition) is 4. The van der Waals surface area contributed by atoms with Gasteiger partial charge in [-0.25, -0.2) is 4.68 Å². The molecule has 5 nitrogen and oxygen atoms in total. The molecule has 0 saturated heterocycles. The van der Waals surface area contributed by atoms with Crippen LogP contribution in [0.2, 0.25) is 0 Å². The number of nitrogens with zero attached hydrogens (tertiary/aromatic N) is 2. The van der Waals surface area contributed by atoms with Crippen molar-refractivity contribution in [3.05, 3.63) is 33.7 Å². The quantitative estimate of drug-likeness (QED) is 0.806. The summed E-state index contributed by atoms with van der Waals surface area (Å²) in [5.74, 6) is 0. The Bertz CT molecular complexity index is 536. The van der Waals surface area contributed by atoms with Crippen LogP contribution in [0.4, 0.5) is 5.69 Å².